The van der Waals surface area contributed by atoms with Crippen molar-refractivity contribution in [3.8, 4) is 11.8 Å². The summed E-state index contributed by atoms with van der Waals surface area (Å²) in [4.78, 5) is 0. The van der Waals surface area contributed by atoms with E-state index in [0.717, 1.165) is 19.3 Å². The fraction of sp³-hybridized carbons (Fsp3) is 0.417. The molecule has 78 valence electrons. The van der Waals surface area contributed by atoms with Crippen molar-refractivity contribution in [2.75, 3.05) is 6.61 Å². The van der Waals surface area contributed by atoms with Crippen LogP contribution in [-0.2, 0) is 0 Å². The van der Waals surface area contributed by atoms with E-state index in [4.69, 9.17) is 10.00 Å². The van der Waals surface area contributed by atoms with Crippen LogP contribution < -0.4 is 4.74 Å². The minimum atomic E-state index is -0.297. The van der Waals surface area contributed by atoms with Gasteiger partial charge in [-0.2, -0.15) is 5.26 Å². The highest BCUT2D eigenvalue weighted by molar-refractivity contribution is 5.22. The molecule has 0 radical (unpaired) electrons. The number of hydrogen-bond acceptors (Lipinski definition) is 2. The highest BCUT2D eigenvalue weighted by Crippen LogP contribution is 2.47. The zero-order valence-corrected chi connectivity index (χ0v) is 8.37. The van der Waals surface area contributed by atoms with Crippen molar-refractivity contribution in [2.24, 2.45) is 5.41 Å². The largest absolute Gasteiger partial charge is 0.493 e. The Balaban J connectivity index is 1.82. The van der Waals surface area contributed by atoms with Gasteiger partial charge in [0, 0.05) is 12.5 Å². The van der Waals surface area contributed by atoms with Crippen molar-refractivity contribution in [1.29, 1.82) is 5.26 Å². The number of nitriles is 1. The van der Waals surface area contributed by atoms with Gasteiger partial charge in [-0.25, -0.2) is 4.39 Å². The minimum Gasteiger partial charge on any atom is -0.493 e. The molecule has 1 aromatic rings. The number of benzene rings is 1. The average molecular weight is 205 g/mol. The Morgan fingerprint density at radius 3 is 2.87 bits per heavy atom. The quantitative estimate of drug-likeness (QED) is 0.757. The van der Waals surface area contributed by atoms with E-state index >= 15 is 0 Å². The molecular weight excluding hydrogens is 193 g/mol. The molecule has 0 amide bonds. The number of nitrogens with zero attached hydrogens (tertiary/aromatic N) is 1. The standard InChI is InChI=1S/C12H12FNO/c13-10-2-1-3-11(8-10)15-7-6-12(9-14)4-5-12/h1-3,8H,4-7H2. The van der Waals surface area contributed by atoms with Gasteiger partial charge in [-0.3, -0.25) is 0 Å². The van der Waals surface area contributed by atoms with E-state index in [9.17, 15) is 4.39 Å². The Bertz CT molecular complexity index is 393. The second-order valence-electron chi connectivity index (χ2n) is 3.95. The van der Waals surface area contributed by atoms with Crippen molar-refractivity contribution in [2.45, 2.75) is 19.3 Å². The fourth-order valence-electron chi connectivity index (χ4n) is 1.49. The van der Waals surface area contributed by atoms with Crippen molar-refractivity contribution < 1.29 is 9.13 Å². The smallest absolute Gasteiger partial charge is 0.126 e. The summed E-state index contributed by atoms with van der Waals surface area (Å²) in [5.74, 6) is 0.234. The lowest BCUT2D eigenvalue weighted by molar-refractivity contribution is 0.287. The zero-order chi connectivity index (χ0) is 10.7. The fourth-order valence-corrected chi connectivity index (χ4v) is 1.49. The van der Waals surface area contributed by atoms with Gasteiger partial charge in [0.15, 0.2) is 0 Å². The number of halogens is 1. The summed E-state index contributed by atoms with van der Waals surface area (Å²) in [6.45, 7) is 0.483. The van der Waals surface area contributed by atoms with E-state index in [1.165, 1.54) is 12.1 Å². The lowest BCUT2D eigenvalue weighted by atomic mass is 10.1. The maximum atomic E-state index is 12.8. The van der Waals surface area contributed by atoms with E-state index in [0.29, 0.717) is 12.4 Å². The van der Waals surface area contributed by atoms with Gasteiger partial charge in [0.05, 0.1) is 18.1 Å². The molecule has 0 N–H and O–H groups in total. The van der Waals surface area contributed by atoms with E-state index < -0.39 is 0 Å². The summed E-state index contributed by atoms with van der Waals surface area (Å²) in [5, 5.41) is 8.83. The van der Waals surface area contributed by atoms with Crippen molar-refractivity contribution in [1.82, 2.24) is 0 Å². The third-order valence-corrected chi connectivity index (χ3v) is 2.74. The summed E-state index contributed by atoms with van der Waals surface area (Å²) in [5.41, 5.74) is -0.146. The Morgan fingerprint density at radius 1 is 1.47 bits per heavy atom. The molecule has 1 saturated carbocycles. The summed E-state index contributed by atoms with van der Waals surface area (Å²) >= 11 is 0. The van der Waals surface area contributed by atoms with E-state index in [-0.39, 0.29) is 11.2 Å². The maximum Gasteiger partial charge on any atom is 0.126 e. The van der Waals surface area contributed by atoms with Gasteiger partial charge >= 0.3 is 0 Å². The molecule has 1 aliphatic carbocycles. The lowest BCUT2D eigenvalue weighted by Gasteiger charge is -2.08. The van der Waals surface area contributed by atoms with Crippen LogP contribution in [0, 0.1) is 22.6 Å². The maximum absolute atomic E-state index is 12.8. The highest BCUT2D eigenvalue weighted by atomic mass is 19.1. The van der Waals surface area contributed by atoms with Gasteiger partial charge in [-0.15, -0.1) is 0 Å². The second kappa shape index (κ2) is 3.90. The summed E-state index contributed by atoms with van der Waals surface area (Å²) in [7, 11) is 0. The first-order chi connectivity index (χ1) is 7.24. The lowest BCUT2D eigenvalue weighted by Crippen LogP contribution is -2.05. The highest BCUT2D eigenvalue weighted by Gasteiger charge is 2.42. The van der Waals surface area contributed by atoms with Crippen LogP contribution in [0.4, 0.5) is 4.39 Å². The van der Waals surface area contributed by atoms with Crippen molar-refractivity contribution >= 4 is 0 Å². The van der Waals surface area contributed by atoms with Gasteiger partial charge in [0.1, 0.15) is 11.6 Å². The molecule has 1 fully saturated rings. The Labute approximate surface area is 88.3 Å². The monoisotopic (exact) mass is 205 g/mol. The van der Waals surface area contributed by atoms with Gasteiger partial charge in [-0.05, 0) is 25.0 Å². The summed E-state index contributed by atoms with van der Waals surface area (Å²) in [6.07, 6.45) is 2.67. The Kier molecular flexibility index (Phi) is 2.59. The van der Waals surface area contributed by atoms with Crippen LogP contribution in [0.15, 0.2) is 24.3 Å². The molecule has 0 aromatic heterocycles. The van der Waals surface area contributed by atoms with E-state index in [1.807, 2.05) is 0 Å². The van der Waals surface area contributed by atoms with Crippen molar-refractivity contribution in [3.05, 3.63) is 30.1 Å². The number of hydrogen-bond donors (Lipinski definition) is 0. The first kappa shape index (κ1) is 9.97. The Morgan fingerprint density at radius 2 is 2.27 bits per heavy atom. The molecule has 0 heterocycles. The molecule has 0 spiro atoms. The van der Waals surface area contributed by atoms with Gasteiger partial charge in [0.25, 0.3) is 0 Å². The molecule has 2 rings (SSSR count). The van der Waals surface area contributed by atoms with Gasteiger partial charge in [0.2, 0.25) is 0 Å². The molecule has 15 heavy (non-hydrogen) atoms. The van der Waals surface area contributed by atoms with Gasteiger partial charge in [-0.1, -0.05) is 6.07 Å². The Hall–Kier alpha value is -1.56. The predicted octanol–water partition coefficient (Wildman–Crippen LogP) is 2.90. The molecule has 0 bridgehead atoms. The van der Waals surface area contributed by atoms with Gasteiger partial charge < -0.3 is 4.74 Å². The molecule has 2 nitrogen and oxygen atoms in total. The van der Waals surface area contributed by atoms with Crippen LogP contribution in [-0.4, -0.2) is 6.61 Å². The SMILES string of the molecule is N#CC1(CCOc2cccc(F)c2)CC1. The first-order valence-corrected chi connectivity index (χ1v) is 5.04. The summed E-state index contributed by atoms with van der Waals surface area (Å²) in [6, 6.07) is 8.36. The molecule has 1 aromatic carbocycles. The minimum absolute atomic E-state index is 0.146. The van der Waals surface area contributed by atoms with Crippen LogP contribution in [0.1, 0.15) is 19.3 Å². The molecular formula is C12H12FNO. The molecule has 0 saturated heterocycles. The van der Waals surface area contributed by atoms with E-state index in [2.05, 4.69) is 6.07 Å². The second-order valence-corrected chi connectivity index (χ2v) is 3.95. The van der Waals surface area contributed by atoms with Crippen LogP contribution in [0.2, 0.25) is 0 Å². The van der Waals surface area contributed by atoms with Crippen LogP contribution in [0.3, 0.4) is 0 Å². The number of ether oxygens (including phenoxy) is 1. The third-order valence-electron chi connectivity index (χ3n) is 2.74. The third kappa shape index (κ3) is 2.47. The first-order valence-electron chi connectivity index (χ1n) is 5.04. The number of rotatable bonds is 4. The van der Waals surface area contributed by atoms with Crippen LogP contribution in [0.25, 0.3) is 0 Å². The zero-order valence-electron chi connectivity index (χ0n) is 8.37. The predicted molar refractivity (Wildman–Crippen MR) is 53.8 cm³/mol. The molecule has 0 unspecified atom stereocenters. The molecule has 1 aliphatic rings. The average Bonchev–Trinajstić information content (AvgIpc) is 2.99. The van der Waals surface area contributed by atoms with Crippen molar-refractivity contribution in [3.63, 3.8) is 0 Å². The normalized spacial score (nSPS) is 16.8. The molecule has 3 heteroatoms. The van der Waals surface area contributed by atoms with Crippen LogP contribution >= 0.6 is 0 Å². The molecule has 0 aliphatic heterocycles. The summed E-state index contributed by atoms with van der Waals surface area (Å²) < 4.78 is 18.1. The van der Waals surface area contributed by atoms with E-state index in [1.54, 1.807) is 12.1 Å². The van der Waals surface area contributed by atoms with Crippen LogP contribution in [0.5, 0.6) is 5.75 Å². The topological polar surface area (TPSA) is 33.0 Å². The molecule has 0 atom stereocenters.